The van der Waals surface area contributed by atoms with Gasteiger partial charge >= 0.3 is 6.03 Å². The van der Waals surface area contributed by atoms with Gasteiger partial charge in [-0.1, -0.05) is 47.7 Å². The number of pyridine rings is 1. The molecule has 0 atom stereocenters. The van der Waals surface area contributed by atoms with Crippen molar-refractivity contribution in [2.75, 3.05) is 19.5 Å². The van der Waals surface area contributed by atoms with Gasteiger partial charge < -0.3 is 14.6 Å². The van der Waals surface area contributed by atoms with Gasteiger partial charge in [0.15, 0.2) is 5.13 Å². The van der Waals surface area contributed by atoms with Crippen molar-refractivity contribution < 1.29 is 9.53 Å². The number of H-pyrrole nitrogens is 1. The number of nitrogens with one attached hydrogen (secondary N) is 2. The number of thiazole rings is 1. The third-order valence-corrected chi connectivity index (χ3v) is 5.68. The van der Waals surface area contributed by atoms with E-state index >= 15 is 0 Å². The second-order valence-electron chi connectivity index (χ2n) is 6.69. The summed E-state index contributed by atoms with van der Waals surface area (Å²) in [5, 5.41) is 3.29. The van der Waals surface area contributed by atoms with Crippen LogP contribution < -0.4 is 15.6 Å². The zero-order valence-electron chi connectivity index (χ0n) is 16.5. The van der Waals surface area contributed by atoms with Gasteiger partial charge in [-0.3, -0.25) is 10.1 Å². The van der Waals surface area contributed by atoms with Gasteiger partial charge in [0.25, 0.3) is 5.56 Å². The van der Waals surface area contributed by atoms with Crippen LogP contribution in [0.15, 0.2) is 65.6 Å². The molecule has 2 N–H and O–H groups in total. The lowest BCUT2D eigenvalue weighted by Gasteiger charge is -2.16. The minimum absolute atomic E-state index is 0.186. The van der Waals surface area contributed by atoms with Gasteiger partial charge in [0.1, 0.15) is 11.3 Å². The molecule has 7 nitrogen and oxygen atoms in total. The van der Waals surface area contributed by atoms with Gasteiger partial charge in [-0.2, -0.15) is 0 Å². The molecule has 0 bridgehead atoms. The van der Waals surface area contributed by atoms with Gasteiger partial charge in [0.05, 0.1) is 18.4 Å². The van der Waals surface area contributed by atoms with E-state index in [1.165, 1.54) is 16.2 Å². The molecule has 0 saturated heterocycles. The molecular formula is C22H20N4O3S. The first-order valence-electron chi connectivity index (χ1n) is 9.28. The van der Waals surface area contributed by atoms with Crippen molar-refractivity contribution in [3.63, 3.8) is 0 Å². The van der Waals surface area contributed by atoms with Crippen molar-refractivity contribution in [3.8, 4) is 16.9 Å². The number of aromatic amines is 1. The number of fused-ring (bicyclic) bond motifs is 1. The van der Waals surface area contributed by atoms with Gasteiger partial charge in [-0.15, -0.1) is 0 Å². The average Bonchev–Trinajstić information content (AvgIpc) is 3.18. The van der Waals surface area contributed by atoms with Gasteiger partial charge in [-0.25, -0.2) is 9.78 Å². The molecule has 4 aromatic rings. The van der Waals surface area contributed by atoms with Crippen LogP contribution in [0.5, 0.6) is 5.75 Å². The standard InChI is InChI=1S/C22H20N4O3S/c1-26(13-15-9-6-12-23-20(15)27)22(28)25-21-24-18-17(29-2)11-10-16(19(18)30-21)14-7-4-3-5-8-14/h3-12H,13H2,1-2H3,(H,23,27)(H,24,25,28). The number of nitrogens with zero attached hydrogens (tertiary/aromatic N) is 2. The normalized spacial score (nSPS) is 10.7. The SMILES string of the molecule is COc1ccc(-c2ccccc2)c2sc(NC(=O)N(C)Cc3ccc[nH]c3=O)nc12. The molecular weight excluding hydrogens is 400 g/mol. The van der Waals surface area contributed by atoms with Gasteiger partial charge in [0, 0.05) is 24.4 Å². The molecule has 2 amide bonds. The highest BCUT2D eigenvalue weighted by atomic mass is 32.1. The summed E-state index contributed by atoms with van der Waals surface area (Å²) in [6.45, 7) is 0.186. The Bertz CT molecular complexity index is 1250. The highest BCUT2D eigenvalue weighted by molar-refractivity contribution is 7.23. The van der Waals surface area contributed by atoms with Crippen LogP contribution in [0.4, 0.5) is 9.93 Å². The lowest BCUT2D eigenvalue weighted by Crippen LogP contribution is -2.32. The van der Waals surface area contributed by atoms with E-state index in [9.17, 15) is 9.59 Å². The first kappa shape index (κ1) is 19.7. The number of rotatable bonds is 5. The number of methoxy groups -OCH3 is 1. The maximum absolute atomic E-state index is 12.7. The van der Waals surface area contributed by atoms with E-state index in [0.717, 1.165) is 15.8 Å². The molecule has 0 aliphatic heterocycles. The molecule has 8 heteroatoms. The number of urea groups is 1. The maximum atomic E-state index is 12.7. The number of ether oxygens (including phenoxy) is 1. The first-order valence-corrected chi connectivity index (χ1v) is 10.1. The highest BCUT2D eigenvalue weighted by Crippen LogP contribution is 2.39. The Morgan fingerprint density at radius 3 is 2.70 bits per heavy atom. The topological polar surface area (TPSA) is 87.3 Å². The molecule has 0 spiro atoms. The zero-order chi connectivity index (χ0) is 21.1. The predicted molar refractivity (Wildman–Crippen MR) is 119 cm³/mol. The number of amides is 2. The maximum Gasteiger partial charge on any atom is 0.323 e. The van der Waals surface area contributed by atoms with Crippen molar-refractivity contribution in [1.29, 1.82) is 0 Å². The monoisotopic (exact) mass is 420 g/mol. The molecule has 0 fully saturated rings. The van der Waals surface area contributed by atoms with Crippen LogP contribution in [0, 0.1) is 0 Å². The summed E-state index contributed by atoms with van der Waals surface area (Å²) >= 11 is 1.39. The Morgan fingerprint density at radius 1 is 1.17 bits per heavy atom. The highest BCUT2D eigenvalue weighted by Gasteiger charge is 2.17. The van der Waals surface area contributed by atoms with E-state index in [-0.39, 0.29) is 18.1 Å². The molecule has 2 heterocycles. The number of benzene rings is 2. The summed E-state index contributed by atoms with van der Waals surface area (Å²) in [7, 11) is 3.23. The number of hydrogen-bond donors (Lipinski definition) is 2. The molecule has 0 radical (unpaired) electrons. The third kappa shape index (κ3) is 3.90. The second-order valence-corrected chi connectivity index (χ2v) is 7.69. The lowest BCUT2D eigenvalue weighted by atomic mass is 10.1. The minimum Gasteiger partial charge on any atom is -0.494 e. The molecule has 0 aliphatic carbocycles. The Balaban J connectivity index is 1.62. The molecule has 0 saturated carbocycles. The number of carbonyl (C=O) groups excluding carboxylic acids is 1. The second kappa shape index (κ2) is 8.38. The minimum atomic E-state index is -0.350. The summed E-state index contributed by atoms with van der Waals surface area (Å²) < 4.78 is 6.39. The van der Waals surface area contributed by atoms with Crippen LogP contribution in [-0.4, -0.2) is 35.1 Å². The molecule has 0 unspecified atom stereocenters. The molecule has 2 aromatic carbocycles. The van der Waals surface area contributed by atoms with E-state index in [1.54, 1.807) is 32.5 Å². The van der Waals surface area contributed by atoms with Crippen LogP contribution in [-0.2, 0) is 6.54 Å². The van der Waals surface area contributed by atoms with Crippen LogP contribution in [0.1, 0.15) is 5.56 Å². The smallest absolute Gasteiger partial charge is 0.323 e. The fourth-order valence-electron chi connectivity index (χ4n) is 3.14. The number of carbonyl (C=O) groups is 1. The average molecular weight is 420 g/mol. The Hall–Kier alpha value is -3.65. The lowest BCUT2D eigenvalue weighted by molar-refractivity contribution is 0.220. The fraction of sp³-hybridized carbons (Fsp3) is 0.136. The molecule has 152 valence electrons. The van der Waals surface area contributed by atoms with Crippen molar-refractivity contribution >= 4 is 32.7 Å². The first-order chi connectivity index (χ1) is 14.6. The molecule has 30 heavy (non-hydrogen) atoms. The van der Waals surface area contributed by atoms with E-state index in [0.29, 0.717) is 22.0 Å². The van der Waals surface area contributed by atoms with E-state index in [4.69, 9.17) is 4.74 Å². The van der Waals surface area contributed by atoms with Crippen LogP contribution >= 0.6 is 11.3 Å². The summed E-state index contributed by atoms with van der Waals surface area (Å²) in [6.07, 6.45) is 1.56. The quantitative estimate of drug-likeness (QED) is 0.503. The van der Waals surface area contributed by atoms with Crippen molar-refractivity contribution in [1.82, 2.24) is 14.9 Å². The Kier molecular flexibility index (Phi) is 5.49. The van der Waals surface area contributed by atoms with E-state index in [1.807, 2.05) is 42.5 Å². The third-order valence-electron chi connectivity index (χ3n) is 4.68. The largest absolute Gasteiger partial charge is 0.494 e. The Labute approximate surface area is 177 Å². The van der Waals surface area contributed by atoms with Crippen LogP contribution in [0.3, 0.4) is 0 Å². The predicted octanol–water partition coefficient (Wildman–Crippen LogP) is 4.32. The number of anilines is 1. The molecule has 0 aliphatic rings. The summed E-state index contributed by atoms with van der Waals surface area (Å²) in [5.41, 5.74) is 3.07. The molecule has 2 aromatic heterocycles. The van der Waals surface area contributed by atoms with Crippen molar-refractivity contribution in [3.05, 3.63) is 76.7 Å². The Morgan fingerprint density at radius 2 is 1.97 bits per heavy atom. The van der Waals surface area contributed by atoms with Gasteiger partial charge in [0.2, 0.25) is 0 Å². The number of hydrogen-bond acceptors (Lipinski definition) is 5. The van der Waals surface area contributed by atoms with Crippen molar-refractivity contribution in [2.24, 2.45) is 0 Å². The zero-order valence-corrected chi connectivity index (χ0v) is 17.3. The number of aromatic nitrogens is 2. The van der Waals surface area contributed by atoms with Crippen molar-refractivity contribution in [2.45, 2.75) is 6.54 Å². The van der Waals surface area contributed by atoms with Crippen LogP contribution in [0.25, 0.3) is 21.3 Å². The summed E-state index contributed by atoms with van der Waals surface area (Å²) in [4.78, 5) is 33.1. The van der Waals surface area contributed by atoms with E-state index < -0.39 is 0 Å². The van der Waals surface area contributed by atoms with Crippen LogP contribution in [0.2, 0.25) is 0 Å². The van der Waals surface area contributed by atoms with E-state index in [2.05, 4.69) is 15.3 Å². The summed E-state index contributed by atoms with van der Waals surface area (Å²) in [5.74, 6) is 0.644. The van der Waals surface area contributed by atoms with Gasteiger partial charge in [-0.05, 0) is 23.8 Å². The summed E-state index contributed by atoms with van der Waals surface area (Å²) in [6, 6.07) is 16.9. The molecule has 4 rings (SSSR count). The fourth-order valence-corrected chi connectivity index (χ4v) is 4.15.